The molecule has 0 aromatic carbocycles. The number of nitrogen functional groups attached to an aromatic ring is 1. The number of hydrogen-bond donors (Lipinski definition) is 2. The maximum absolute atomic E-state index is 8.78. The number of nitrogens with two attached hydrogens (primary N) is 1. The van der Waals surface area contributed by atoms with Gasteiger partial charge in [0.25, 0.3) is 0 Å². The smallest absolute Gasteiger partial charge is 0.222 e. The molecule has 2 aromatic heterocycles. The molecule has 0 aliphatic carbocycles. The van der Waals surface area contributed by atoms with Gasteiger partial charge in [0, 0.05) is 0 Å². The van der Waals surface area contributed by atoms with Crippen LogP contribution >= 0.6 is 0 Å². The van der Waals surface area contributed by atoms with Crippen molar-refractivity contribution in [1.82, 2.24) is 19.9 Å². The first kappa shape index (κ1) is 7.81. The summed E-state index contributed by atoms with van der Waals surface area (Å²) in [6, 6.07) is 0. The van der Waals surface area contributed by atoms with Gasteiger partial charge in [-0.3, -0.25) is 0 Å². The molecule has 0 atom stereocenters. The van der Waals surface area contributed by atoms with Gasteiger partial charge in [-0.2, -0.15) is 4.98 Å². The Hall–Kier alpha value is -1.82. The van der Waals surface area contributed by atoms with Crippen molar-refractivity contribution < 1.29 is 5.11 Å². The molecule has 0 radical (unpaired) electrons. The SMILES string of the molecule is Nc1ncc2nc(CO)cnc2n1. The average molecular weight is 177 g/mol. The molecule has 0 unspecified atom stereocenters. The number of hydrogen-bond acceptors (Lipinski definition) is 6. The van der Waals surface area contributed by atoms with Gasteiger partial charge in [-0.05, 0) is 0 Å². The van der Waals surface area contributed by atoms with Crippen LogP contribution in [-0.2, 0) is 6.61 Å². The van der Waals surface area contributed by atoms with Gasteiger partial charge in [-0.25, -0.2) is 15.0 Å². The van der Waals surface area contributed by atoms with Crippen LogP contribution in [-0.4, -0.2) is 25.0 Å². The summed E-state index contributed by atoms with van der Waals surface area (Å²) in [7, 11) is 0. The van der Waals surface area contributed by atoms with Crippen molar-refractivity contribution in [2.24, 2.45) is 0 Å². The Labute approximate surface area is 73.5 Å². The van der Waals surface area contributed by atoms with Gasteiger partial charge < -0.3 is 10.8 Å². The molecular weight excluding hydrogens is 170 g/mol. The van der Waals surface area contributed by atoms with Crippen LogP contribution in [0.15, 0.2) is 12.4 Å². The highest BCUT2D eigenvalue weighted by molar-refractivity contribution is 5.69. The summed E-state index contributed by atoms with van der Waals surface area (Å²) in [4.78, 5) is 15.6. The Kier molecular flexibility index (Phi) is 1.75. The van der Waals surface area contributed by atoms with Crippen molar-refractivity contribution in [3.8, 4) is 0 Å². The van der Waals surface area contributed by atoms with Gasteiger partial charge in [-0.1, -0.05) is 0 Å². The first-order valence-corrected chi connectivity index (χ1v) is 3.64. The van der Waals surface area contributed by atoms with E-state index in [1.807, 2.05) is 0 Å². The van der Waals surface area contributed by atoms with Crippen LogP contribution in [0.1, 0.15) is 5.69 Å². The zero-order valence-corrected chi connectivity index (χ0v) is 6.68. The molecule has 13 heavy (non-hydrogen) atoms. The topological polar surface area (TPSA) is 97.8 Å². The molecule has 6 nitrogen and oxygen atoms in total. The molecule has 6 heteroatoms. The number of rotatable bonds is 1. The third-order valence-corrected chi connectivity index (χ3v) is 1.53. The minimum absolute atomic E-state index is 0.146. The Bertz CT molecular complexity index is 444. The summed E-state index contributed by atoms with van der Waals surface area (Å²) in [6.45, 7) is -0.146. The van der Waals surface area contributed by atoms with Gasteiger partial charge in [0.05, 0.1) is 24.7 Å². The second kappa shape index (κ2) is 2.91. The van der Waals surface area contributed by atoms with E-state index in [1.165, 1.54) is 12.4 Å². The highest BCUT2D eigenvalue weighted by atomic mass is 16.3. The standard InChI is InChI=1S/C7H7N5O/c8-7-10-2-5-6(12-7)9-1-4(3-13)11-5/h1-2,13H,3H2,(H2,8,9,10,12). The fourth-order valence-electron chi connectivity index (χ4n) is 0.949. The molecule has 2 aromatic rings. The van der Waals surface area contributed by atoms with Gasteiger partial charge in [0.2, 0.25) is 5.95 Å². The van der Waals surface area contributed by atoms with Crippen molar-refractivity contribution in [1.29, 1.82) is 0 Å². The van der Waals surface area contributed by atoms with E-state index in [-0.39, 0.29) is 12.6 Å². The van der Waals surface area contributed by atoms with Gasteiger partial charge in [-0.15, -0.1) is 0 Å². The normalized spacial score (nSPS) is 10.5. The van der Waals surface area contributed by atoms with Crippen LogP contribution in [0.2, 0.25) is 0 Å². The highest BCUT2D eigenvalue weighted by Gasteiger charge is 2.00. The molecular formula is C7H7N5O. The summed E-state index contributed by atoms with van der Waals surface area (Å²) >= 11 is 0. The first-order chi connectivity index (χ1) is 6.29. The molecule has 0 bridgehead atoms. The Morgan fingerprint density at radius 1 is 1.23 bits per heavy atom. The van der Waals surface area contributed by atoms with E-state index in [0.717, 1.165) is 0 Å². The molecule has 0 spiro atoms. The van der Waals surface area contributed by atoms with E-state index in [2.05, 4.69) is 19.9 Å². The summed E-state index contributed by atoms with van der Waals surface area (Å²) in [5.74, 6) is 0.165. The Morgan fingerprint density at radius 3 is 2.85 bits per heavy atom. The fraction of sp³-hybridized carbons (Fsp3) is 0.143. The minimum atomic E-state index is -0.146. The minimum Gasteiger partial charge on any atom is -0.390 e. The zero-order valence-electron chi connectivity index (χ0n) is 6.68. The fourth-order valence-corrected chi connectivity index (χ4v) is 0.949. The molecule has 3 N–H and O–H groups in total. The van der Waals surface area contributed by atoms with Crippen LogP contribution < -0.4 is 5.73 Å². The monoisotopic (exact) mass is 177 g/mol. The quantitative estimate of drug-likeness (QED) is 0.609. The highest BCUT2D eigenvalue weighted by Crippen LogP contribution is 2.06. The van der Waals surface area contributed by atoms with Crippen LogP contribution in [0.25, 0.3) is 11.2 Å². The number of aliphatic hydroxyl groups excluding tert-OH is 1. The summed E-state index contributed by atoms with van der Waals surface area (Å²) in [6.07, 6.45) is 2.93. The molecule has 66 valence electrons. The van der Waals surface area contributed by atoms with Gasteiger partial charge in [0.15, 0.2) is 5.65 Å². The van der Waals surface area contributed by atoms with Gasteiger partial charge in [0.1, 0.15) is 5.52 Å². The maximum Gasteiger partial charge on any atom is 0.222 e. The second-order valence-corrected chi connectivity index (χ2v) is 2.46. The lowest BCUT2D eigenvalue weighted by molar-refractivity contribution is 0.277. The number of nitrogens with zero attached hydrogens (tertiary/aromatic N) is 4. The van der Waals surface area contributed by atoms with Crippen LogP contribution in [0, 0.1) is 0 Å². The molecule has 0 saturated heterocycles. The van der Waals surface area contributed by atoms with Crippen molar-refractivity contribution in [2.45, 2.75) is 6.61 Å². The number of anilines is 1. The molecule has 0 fully saturated rings. The molecule has 0 aliphatic heterocycles. The lowest BCUT2D eigenvalue weighted by Crippen LogP contribution is -1.99. The molecule has 0 aliphatic rings. The van der Waals surface area contributed by atoms with Crippen molar-refractivity contribution in [2.75, 3.05) is 5.73 Å². The third kappa shape index (κ3) is 1.38. The molecule has 0 amide bonds. The first-order valence-electron chi connectivity index (χ1n) is 3.64. The predicted molar refractivity (Wildman–Crippen MR) is 45.5 cm³/mol. The van der Waals surface area contributed by atoms with E-state index in [0.29, 0.717) is 16.9 Å². The van der Waals surface area contributed by atoms with Crippen molar-refractivity contribution in [3.63, 3.8) is 0 Å². The average Bonchev–Trinajstić information content (AvgIpc) is 2.17. The molecule has 2 heterocycles. The summed E-state index contributed by atoms with van der Waals surface area (Å²) in [5.41, 5.74) is 6.81. The predicted octanol–water partition coefficient (Wildman–Crippen LogP) is -0.506. The third-order valence-electron chi connectivity index (χ3n) is 1.53. The van der Waals surface area contributed by atoms with Crippen LogP contribution in [0.3, 0.4) is 0 Å². The maximum atomic E-state index is 8.78. The van der Waals surface area contributed by atoms with Gasteiger partial charge >= 0.3 is 0 Å². The van der Waals surface area contributed by atoms with E-state index >= 15 is 0 Å². The van der Waals surface area contributed by atoms with E-state index < -0.39 is 0 Å². The van der Waals surface area contributed by atoms with Crippen molar-refractivity contribution in [3.05, 3.63) is 18.1 Å². The second-order valence-electron chi connectivity index (χ2n) is 2.46. The molecule has 2 rings (SSSR count). The number of fused-ring (bicyclic) bond motifs is 1. The lowest BCUT2D eigenvalue weighted by Gasteiger charge is -1.98. The van der Waals surface area contributed by atoms with E-state index in [9.17, 15) is 0 Å². The largest absolute Gasteiger partial charge is 0.390 e. The molecule has 0 saturated carbocycles. The van der Waals surface area contributed by atoms with Crippen LogP contribution in [0.5, 0.6) is 0 Å². The number of aliphatic hydroxyl groups is 1. The summed E-state index contributed by atoms with van der Waals surface area (Å²) in [5, 5.41) is 8.78. The van der Waals surface area contributed by atoms with E-state index in [1.54, 1.807) is 0 Å². The summed E-state index contributed by atoms with van der Waals surface area (Å²) < 4.78 is 0. The van der Waals surface area contributed by atoms with Crippen LogP contribution in [0.4, 0.5) is 5.95 Å². The van der Waals surface area contributed by atoms with E-state index in [4.69, 9.17) is 10.8 Å². The number of aromatic nitrogens is 4. The zero-order chi connectivity index (χ0) is 9.26. The van der Waals surface area contributed by atoms with Crippen molar-refractivity contribution >= 4 is 17.1 Å². The Balaban J connectivity index is 2.66. The Morgan fingerprint density at radius 2 is 2.08 bits per heavy atom. The lowest BCUT2D eigenvalue weighted by atomic mass is 10.4.